The fourth-order valence-electron chi connectivity index (χ4n) is 2.50. The first-order chi connectivity index (χ1) is 8.67. The highest BCUT2D eigenvalue weighted by atomic mass is 15.1. The van der Waals surface area contributed by atoms with Gasteiger partial charge in [0.05, 0.1) is 17.1 Å². The van der Waals surface area contributed by atoms with E-state index in [9.17, 15) is 0 Å². The van der Waals surface area contributed by atoms with Crippen LogP contribution in [0.5, 0.6) is 0 Å². The molecule has 1 aromatic carbocycles. The van der Waals surface area contributed by atoms with Crippen LogP contribution >= 0.6 is 0 Å². The highest BCUT2D eigenvalue weighted by Crippen LogP contribution is 2.20. The number of imidazole rings is 1. The molecule has 0 saturated carbocycles. The summed E-state index contributed by atoms with van der Waals surface area (Å²) in [6.07, 6.45) is 2.32. The van der Waals surface area contributed by atoms with Crippen molar-refractivity contribution < 1.29 is 0 Å². The number of nitrogens with one attached hydrogen (secondary N) is 1. The lowest BCUT2D eigenvalue weighted by Crippen LogP contribution is -2.31. The highest BCUT2D eigenvalue weighted by Gasteiger charge is 2.16. The second kappa shape index (κ2) is 5.53. The molecule has 0 amide bonds. The van der Waals surface area contributed by atoms with Crippen LogP contribution in [0.4, 0.5) is 0 Å². The summed E-state index contributed by atoms with van der Waals surface area (Å²) in [4.78, 5) is 4.73. The van der Waals surface area contributed by atoms with Crippen LogP contribution in [0.25, 0.3) is 11.0 Å². The van der Waals surface area contributed by atoms with Crippen LogP contribution in [0.3, 0.4) is 0 Å². The third-order valence-electron chi connectivity index (χ3n) is 3.68. The van der Waals surface area contributed by atoms with E-state index >= 15 is 0 Å². The van der Waals surface area contributed by atoms with Crippen LogP contribution in [0.2, 0.25) is 0 Å². The normalized spacial score (nSPS) is 13.4. The summed E-state index contributed by atoms with van der Waals surface area (Å²) >= 11 is 0. The Balaban J connectivity index is 2.27. The quantitative estimate of drug-likeness (QED) is 0.874. The molecule has 3 nitrogen and oxygen atoms in total. The number of nitrogens with zero attached hydrogens (tertiary/aromatic N) is 2. The van der Waals surface area contributed by atoms with Crippen molar-refractivity contribution >= 4 is 11.0 Å². The first-order valence-corrected chi connectivity index (χ1v) is 6.84. The standard InChI is InChI=1S/C15H23N3/c1-5-12(6-2)16-11(3)15-17-13-9-7-8-10-14(13)18(15)4/h7-12,16H,5-6H2,1-4H3. The molecular weight excluding hydrogens is 222 g/mol. The van der Waals surface area contributed by atoms with Gasteiger partial charge >= 0.3 is 0 Å². The van der Waals surface area contributed by atoms with E-state index in [2.05, 4.69) is 55.9 Å². The molecule has 0 spiro atoms. The molecule has 1 N–H and O–H groups in total. The van der Waals surface area contributed by atoms with Crippen molar-refractivity contribution in [2.24, 2.45) is 7.05 Å². The minimum Gasteiger partial charge on any atom is -0.330 e. The Kier molecular flexibility index (Phi) is 4.02. The first-order valence-electron chi connectivity index (χ1n) is 6.84. The van der Waals surface area contributed by atoms with Crippen LogP contribution in [-0.2, 0) is 7.05 Å². The van der Waals surface area contributed by atoms with Crippen molar-refractivity contribution in [3.05, 3.63) is 30.1 Å². The summed E-state index contributed by atoms with van der Waals surface area (Å²) in [5.41, 5.74) is 2.28. The average molecular weight is 245 g/mol. The van der Waals surface area contributed by atoms with Crippen molar-refractivity contribution in [1.29, 1.82) is 0 Å². The van der Waals surface area contributed by atoms with Crippen LogP contribution in [0, 0.1) is 0 Å². The Bertz CT molecular complexity index is 511. The molecule has 18 heavy (non-hydrogen) atoms. The number of fused-ring (bicyclic) bond motifs is 1. The SMILES string of the molecule is CCC(CC)NC(C)c1nc2ccccc2n1C. The largest absolute Gasteiger partial charge is 0.330 e. The summed E-state index contributed by atoms with van der Waals surface area (Å²) in [5.74, 6) is 1.11. The molecule has 0 fully saturated rings. The molecule has 0 radical (unpaired) electrons. The minimum atomic E-state index is 0.285. The zero-order chi connectivity index (χ0) is 13.1. The van der Waals surface area contributed by atoms with E-state index < -0.39 is 0 Å². The molecule has 2 aromatic rings. The first kappa shape index (κ1) is 13.1. The van der Waals surface area contributed by atoms with E-state index in [1.165, 1.54) is 5.52 Å². The van der Waals surface area contributed by atoms with Gasteiger partial charge in [-0.1, -0.05) is 26.0 Å². The molecule has 2 rings (SSSR count). The third kappa shape index (κ3) is 2.41. The van der Waals surface area contributed by atoms with Crippen molar-refractivity contribution in [2.45, 2.75) is 45.7 Å². The Morgan fingerprint density at radius 3 is 2.50 bits per heavy atom. The van der Waals surface area contributed by atoms with Gasteiger partial charge in [0.15, 0.2) is 0 Å². The zero-order valence-electron chi connectivity index (χ0n) is 11.8. The Morgan fingerprint density at radius 2 is 1.89 bits per heavy atom. The summed E-state index contributed by atoms with van der Waals surface area (Å²) in [5, 5.41) is 3.65. The topological polar surface area (TPSA) is 29.9 Å². The molecule has 1 heterocycles. The fraction of sp³-hybridized carbons (Fsp3) is 0.533. The summed E-state index contributed by atoms with van der Waals surface area (Å²) in [6.45, 7) is 6.64. The second-order valence-corrected chi connectivity index (χ2v) is 4.92. The van der Waals surface area contributed by atoms with Crippen LogP contribution in [0.15, 0.2) is 24.3 Å². The van der Waals surface area contributed by atoms with Crippen LogP contribution in [0.1, 0.15) is 45.5 Å². The maximum Gasteiger partial charge on any atom is 0.126 e. The molecule has 0 aliphatic carbocycles. The van der Waals surface area contributed by atoms with Gasteiger partial charge in [0, 0.05) is 13.1 Å². The molecule has 1 unspecified atom stereocenters. The lowest BCUT2D eigenvalue weighted by atomic mass is 10.1. The number of hydrogen-bond donors (Lipinski definition) is 1. The smallest absolute Gasteiger partial charge is 0.126 e. The van der Waals surface area contributed by atoms with Gasteiger partial charge in [0.25, 0.3) is 0 Å². The molecular formula is C15H23N3. The fourth-order valence-corrected chi connectivity index (χ4v) is 2.50. The van der Waals surface area contributed by atoms with Gasteiger partial charge in [-0.25, -0.2) is 4.98 Å². The predicted molar refractivity (Wildman–Crippen MR) is 76.6 cm³/mol. The van der Waals surface area contributed by atoms with Gasteiger partial charge in [-0.3, -0.25) is 0 Å². The maximum atomic E-state index is 4.73. The number of rotatable bonds is 5. The van der Waals surface area contributed by atoms with Gasteiger partial charge < -0.3 is 9.88 Å². The molecule has 3 heteroatoms. The number of hydrogen-bond acceptors (Lipinski definition) is 2. The summed E-state index contributed by atoms with van der Waals surface area (Å²) in [6, 6.07) is 9.15. The van der Waals surface area contributed by atoms with Gasteiger partial charge in [0.1, 0.15) is 5.82 Å². The molecule has 0 bridgehead atoms. The molecule has 1 aromatic heterocycles. The van der Waals surface area contributed by atoms with Gasteiger partial charge in [-0.2, -0.15) is 0 Å². The molecule has 0 aliphatic heterocycles. The van der Waals surface area contributed by atoms with E-state index in [-0.39, 0.29) is 6.04 Å². The average Bonchev–Trinajstić information content (AvgIpc) is 2.74. The van der Waals surface area contributed by atoms with Gasteiger partial charge in [-0.05, 0) is 31.9 Å². The number of benzene rings is 1. The second-order valence-electron chi connectivity index (χ2n) is 4.92. The minimum absolute atomic E-state index is 0.285. The number of para-hydroxylation sites is 2. The maximum absolute atomic E-state index is 4.73. The van der Waals surface area contributed by atoms with Crippen molar-refractivity contribution in [2.75, 3.05) is 0 Å². The van der Waals surface area contributed by atoms with Crippen molar-refractivity contribution in [3.63, 3.8) is 0 Å². The monoisotopic (exact) mass is 245 g/mol. The summed E-state index contributed by atoms with van der Waals surface area (Å²) < 4.78 is 2.19. The van der Waals surface area contributed by atoms with E-state index in [0.717, 1.165) is 24.2 Å². The Morgan fingerprint density at radius 1 is 1.22 bits per heavy atom. The molecule has 98 valence electrons. The van der Waals surface area contributed by atoms with Gasteiger partial charge in [-0.15, -0.1) is 0 Å². The molecule has 1 atom stereocenters. The third-order valence-corrected chi connectivity index (χ3v) is 3.68. The van der Waals surface area contributed by atoms with E-state index in [4.69, 9.17) is 4.98 Å². The predicted octanol–water partition coefficient (Wildman–Crippen LogP) is 3.41. The van der Waals surface area contributed by atoms with Crippen LogP contribution in [-0.4, -0.2) is 15.6 Å². The zero-order valence-corrected chi connectivity index (χ0v) is 11.8. The lowest BCUT2D eigenvalue weighted by molar-refractivity contribution is 0.416. The van der Waals surface area contributed by atoms with E-state index in [1.54, 1.807) is 0 Å². The summed E-state index contributed by atoms with van der Waals surface area (Å²) in [7, 11) is 2.09. The van der Waals surface area contributed by atoms with Crippen LogP contribution < -0.4 is 5.32 Å². The van der Waals surface area contributed by atoms with Crippen molar-refractivity contribution in [3.8, 4) is 0 Å². The Labute approximate surface area is 109 Å². The van der Waals surface area contributed by atoms with E-state index in [0.29, 0.717) is 6.04 Å². The number of aromatic nitrogens is 2. The number of aryl methyl sites for hydroxylation is 1. The molecule has 0 aliphatic rings. The van der Waals surface area contributed by atoms with Gasteiger partial charge in [0.2, 0.25) is 0 Å². The highest BCUT2D eigenvalue weighted by molar-refractivity contribution is 5.75. The van der Waals surface area contributed by atoms with E-state index in [1.807, 2.05) is 6.07 Å². The Hall–Kier alpha value is -1.35. The molecule has 0 saturated heterocycles. The lowest BCUT2D eigenvalue weighted by Gasteiger charge is -2.20. The van der Waals surface area contributed by atoms with Crippen molar-refractivity contribution in [1.82, 2.24) is 14.9 Å².